The number of hydrogen-bond donors (Lipinski definition) is 3. The molecule has 1 aromatic heterocycles. The molecule has 2 aromatic rings. The van der Waals surface area contributed by atoms with Crippen LogP contribution in [0.2, 0.25) is 0 Å². The minimum Gasteiger partial charge on any atom is -0.385 e. The maximum absolute atomic E-state index is 11.1. The molecule has 0 saturated heterocycles. The lowest BCUT2D eigenvalue weighted by atomic mass is 9.77. The normalized spacial score (nSPS) is 29.0. The molecule has 0 spiro atoms. The van der Waals surface area contributed by atoms with Crippen LogP contribution in [-0.2, 0) is 5.60 Å². The molecule has 4 rings (SSSR count). The molecule has 1 aliphatic heterocycles. The van der Waals surface area contributed by atoms with Gasteiger partial charge in [0.25, 0.3) is 0 Å². The number of H-pyrrole nitrogens is 1. The van der Waals surface area contributed by atoms with E-state index >= 15 is 0 Å². The molecule has 128 valence electrons. The molecule has 2 aliphatic rings. The minimum atomic E-state index is -0.722. The van der Waals surface area contributed by atoms with Crippen molar-refractivity contribution in [1.29, 1.82) is 0 Å². The van der Waals surface area contributed by atoms with Crippen LogP contribution in [0.1, 0.15) is 43.2 Å². The Labute approximate surface area is 143 Å². The number of aliphatic hydroxyl groups is 1. The van der Waals surface area contributed by atoms with E-state index in [9.17, 15) is 5.11 Å². The molecule has 1 fully saturated rings. The van der Waals surface area contributed by atoms with Crippen molar-refractivity contribution in [2.45, 2.75) is 43.7 Å². The summed E-state index contributed by atoms with van der Waals surface area (Å²) in [5.74, 6) is 0. The van der Waals surface area contributed by atoms with Gasteiger partial charge in [0, 0.05) is 41.8 Å². The van der Waals surface area contributed by atoms with Crippen LogP contribution in [0.5, 0.6) is 0 Å². The molecule has 4 N–H and O–H groups in total. The van der Waals surface area contributed by atoms with Gasteiger partial charge in [0.15, 0.2) is 0 Å². The first kappa shape index (κ1) is 15.9. The van der Waals surface area contributed by atoms with Crippen molar-refractivity contribution < 1.29 is 5.11 Å². The second-order valence-corrected chi connectivity index (χ2v) is 7.57. The molecule has 24 heavy (non-hydrogen) atoms. The van der Waals surface area contributed by atoms with Gasteiger partial charge in [-0.2, -0.15) is 0 Å². The number of rotatable bonds is 2. The highest BCUT2D eigenvalue weighted by atomic mass is 16.3. The van der Waals surface area contributed by atoms with Crippen LogP contribution in [0.15, 0.2) is 30.5 Å². The van der Waals surface area contributed by atoms with E-state index in [1.165, 1.54) is 16.5 Å². The molecule has 4 heteroatoms. The molecular weight excluding hydrogens is 298 g/mol. The van der Waals surface area contributed by atoms with Crippen LogP contribution < -0.4 is 5.73 Å². The van der Waals surface area contributed by atoms with Crippen molar-refractivity contribution in [3.8, 4) is 0 Å². The van der Waals surface area contributed by atoms with Crippen molar-refractivity contribution >= 4 is 16.5 Å². The molecule has 1 aliphatic carbocycles. The molecule has 0 bridgehead atoms. The molecular formula is C20H27N3O. The topological polar surface area (TPSA) is 65.3 Å². The lowest BCUT2D eigenvalue weighted by Gasteiger charge is -2.35. The number of nitrogens with one attached hydrogen (secondary N) is 1. The SMILES string of the molecule is CN1CC=C(c2c[nH]c3ccc(C4(O)CCC(N)CC4)cc23)CC1. The quantitative estimate of drug-likeness (QED) is 0.795. The predicted molar refractivity (Wildman–Crippen MR) is 98.7 cm³/mol. The summed E-state index contributed by atoms with van der Waals surface area (Å²) in [5.41, 5.74) is 10.2. The monoisotopic (exact) mass is 325 g/mol. The van der Waals surface area contributed by atoms with Crippen LogP contribution in [0.3, 0.4) is 0 Å². The largest absolute Gasteiger partial charge is 0.385 e. The van der Waals surface area contributed by atoms with E-state index in [2.05, 4.69) is 47.4 Å². The van der Waals surface area contributed by atoms with Gasteiger partial charge in [0.2, 0.25) is 0 Å². The highest BCUT2D eigenvalue weighted by Crippen LogP contribution is 2.39. The molecule has 2 heterocycles. The van der Waals surface area contributed by atoms with Gasteiger partial charge in [-0.15, -0.1) is 0 Å². The summed E-state index contributed by atoms with van der Waals surface area (Å²) < 4.78 is 0. The third kappa shape index (κ3) is 2.79. The third-order valence-electron chi connectivity index (χ3n) is 5.83. The van der Waals surface area contributed by atoms with E-state index in [1.807, 2.05) is 0 Å². The number of fused-ring (bicyclic) bond motifs is 1. The fourth-order valence-electron chi connectivity index (χ4n) is 4.10. The lowest BCUT2D eigenvalue weighted by Crippen LogP contribution is -2.36. The summed E-state index contributed by atoms with van der Waals surface area (Å²) in [6, 6.07) is 6.61. The van der Waals surface area contributed by atoms with E-state index in [0.29, 0.717) is 0 Å². The second kappa shape index (κ2) is 6.03. The molecule has 0 radical (unpaired) electrons. The number of nitrogens with two attached hydrogens (primary N) is 1. The minimum absolute atomic E-state index is 0.237. The summed E-state index contributed by atoms with van der Waals surface area (Å²) >= 11 is 0. The van der Waals surface area contributed by atoms with Gasteiger partial charge >= 0.3 is 0 Å². The summed E-state index contributed by atoms with van der Waals surface area (Å²) in [7, 11) is 2.16. The van der Waals surface area contributed by atoms with Crippen molar-refractivity contribution in [3.63, 3.8) is 0 Å². The Bertz CT molecular complexity index is 768. The first-order chi connectivity index (χ1) is 11.5. The van der Waals surface area contributed by atoms with E-state index in [-0.39, 0.29) is 6.04 Å². The Balaban J connectivity index is 1.71. The van der Waals surface area contributed by atoms with Gasteiger partial charge in [0.1, 0.15) is 0 Å². The number of likely N-dealkylation sites (N-methyl/N-ethyl adjacent to an activating group) is 1. The number of nitrogens with zero attached hydrogens (tertiary/aromatic N) is 1. The van der Waals surface area contributed by atoms with Gasteiger partial charge in [-0.05, 0) is 62.4 Å². The fourth-order valence-corrected chi connectivity index (χ4v) is 4.10. The Morgan fingerprint density at radius 3 is 2.79 bits per heavy atom. The Hall–Kier alpha value is -1.62. The van der Waals surface area contributed by atoms with Gasteiger partial charge in [0.05, 0.1) is 5.60 Å². The Morgan fingerprint density at radius 2 is 2.08 bits per heavy atom. The smallest absolute Gasteiger partial charge is 0.0898 e. The van der Waals surface area contributed by atoms with E-state index in [0.717, 1.165) is 56.3 Å². The number of aromatic amines is 1. The fraction of sp³-hybridized carbons (Fsp3) is 0.500. The van der Waals surface area contributed by atoms with Crippen LogP contribution in [-0.4, -0.2) is 41.2 Å². The summed E-state index contributed by atoms with van der Waals surface area (Å²) in [4.78, 5) is 5.72. The zero-order valence-electron chi connectivity index (χ0n) is 14.4. The Morgan fingerprint density at radius 1 is 1.29 bits per heavy atom. The molecule has 0 unspecified atom stereocenters. The molecule has 4 nitrogen and oxygen atoms in total. The number of hydrogen-bond acceptors (Lipinski definition) is 3. The lowest BCUT2D eigenvalue weighted by molar-refractivity contribution is -0.00484. The highest BCUT2D eigenvalue weighted by Gasteiger charge is 2.34. The van der Waals surface area contributed by atoms with E-state index in [1.54, 1.807) is 0 Å². The standard InChI is InChI=1S/C20H27N3O/c1-23-10-6-14(7-11-23)18-13-22-19-3-2-15(12-17(18)19)20(24)8-4-16(21)5-9-20/h2-3,6,12-13,16,22,24H,4-5,7-11,21H2,1H3. The zero-order chi connectivity index (χ0) is 16.7. The van der Waals surface area contributed by atoms with Gasteiger partial charge < -0.3 is 20.7 Å². The number of aromatic nitrogens is 1. The van der Waals surface area contributed by atoms with Crippen LogP contribution in [0.4, 0.5) is 0 Å². The highest BCUT2D eigenvalue weighted by molar-refractivity contribution is 5.93. The van der Waals surface area contributed by atoms with E-state index < -0.39 is 5.60 Å². The van der Waals surface area contributed by atoms with Crippen molar-refractivity contribution in [2.75, 3.05) is 20.1 Å². The molecule has 0 atom stereocenters. The van der Waals surface area contributed by atoms with Crippen molar-refractivity contribution in [1.82, 2.24) is 9.88 Å². The summed E-state index contributed by atoms with van der Waals surface area (Å²) in [5, 5.41) is 12.3. The van der Waals surface area contributed by atoms with Crippen LogP contribution in [0.25, 0.3) is 16.5 Å². The zero-order valence-corrected chi connectivity index (χ0v) is 14.4. The maximum Gasteiger partial charge on any atom is 0.0898 e. The number of benzene rings is 1. The molecule has 1 saturated carbocycles. The third-order valence-corrected chi connectivity index (χ3v) is 5.83. The molecule has 0 amide bonds. The van der Waals surface area contributed by atoms with Crippen LogP contribution in [0, 0.1) is 0 Å². The van der Waals surface area contributed by atoms with Crippen molar-refractivity contribution in [3.05, 3.63) is 41.6 Å². The summed E-state index contributed by atoms with van der Waals surface area (Å²) in [6.45, 7) is 2.10. The first-order valence-electron chi connectivity index (χ1n) is 9.03. The molecule has 1 aromatic carbocycles. The van der Waals surface area contributed by atoms with Gasteiger partial charge in [-0.3, -0.25) is 0 Å². The van der Waals surface area contributed by atoms with Gasteiger partial charge in [-0.1, -0.05) is 12.1 Å². The van der Waals surface area contributed by atoms with Gasteiger partial charge in [-0.25, -0.2) is 0 Å². The van der Waals surface area contributed by atoms with Crippen molar-refractivity contribution in [2.24, 2.45) is 5.73 Å². The maximum atomic E-state index is 11.1. The average molecular weight is 325 g/mol. The predicted octanol–water partition coefficient (Wildman–Crippen LogP) is 2.98. The second-order valence-electron chi connectivity index (χ2n) is 7.57. The first-order valence-corrected chi connectivity index (χ1v) is 9.03. The Kier molecular flexibility index (Phi) is 3.99. The van der Waals surface area contributed by atoms with E-state index in [4.69, 9.17) is 5.73 Å². The average Bonchev–Trinajstić information content (AvgIpc) is 3.02. The van der Waals surface area contributed by atoms with Crippen LogP contribution >= 0.6 is 0 Å². The summed E-state index contributed by atoms with van der Waals surface area (Å²) in [6.07, 6.45) is 8.82.